The van der Waals surface area contributed by atoms with Gasteiger partial charge >= 0.3 is 0 Å². The van der Waals surface area contributed by atoms with Gasteiger partial charge in [0.1, 0.15) is 0 Å². The zero-order chi connectivity index (χ0) is 21.0. The lowest BCUT2D eigenvalue weighted by Crippen LogP contribution is -2.44. The molecule has 156 valence electrons. The number of rotatable bonds is 6. The molecule has 1 amide bonds. The fraction of sp³-hybridized carbons (Fsp3) is 0.360. The number of nitrogens with one attached hydrogen (secondary N) is 1. The van der Waals surface area contributed by atoms with Crippen molar-refractivity contribution < 1.29 is 9.53 Å². The van der Waals surface area contributed by atoms with Gasteiger partial charge in [0.05, 0.1) is 12.2 Å². The molecule has 1 N–H and O–H groups in total. The van der Waals surface area contributed by atoms with Gasteiger partial charge in [0.15, 0.2) is 0 Å². The van der Waals surface area contributed by atoms with Gasteiger partial charge in [0.25, 0.3) is 5.91 Å². The smallest absolute Gasteiger partial charge is 0.251 e. The summed E-state index contributed by atoms with van der Waals surface area (Å²) in [6, 6.07) is 20.4. The van der Waals surface area contributed by atoms with Gasteiger partial charge in [-0.05, 0) is 56.0 Å². The molecular weight excluding hydrogens is 374 g/mol. The molecule has 5 nitrogen and oxygen atoms in total. The Morgan fingerprint density at radius 2 is 1.83 bits per heavy atom. The molecular formula is C25H29N3O2. The molecule has 0 radical (unpaired) electrons. The third-order valence-electron chi connectivity index (χ3n) is 6.05. The summed E-state index contributed by atoms with van der Waals surface area (Å²) in [5, 5.41) is 7.72. The van der Waals surface area contributed by atoms with Crippen molar-refractivity contribution in [1.29, 1.82) is 0 Å². The fourth-order valence-corrected chi connectivity index (χ4v) is 4.29. The van der Waals surface area contributed by atoms with Crippen LogP contribution >= 0.6 is 0 Å². The highest BCUT2D eigenvalue weighted by atomic mass is 16.5. The number of hydrogen-bond donors (Lipinski definition) is 1. The van der Waals surface area contributed by atoms with E-state index in [2.05, 4.69) is 40.7 Å². The first-order valence-electron chi connectivity index (χ1n) is 10.6. The molecule has 1 aliphatic heterocycles. The minimum Gasteiger partial charge on any atom is -0.381 e. The van der Waals surface area contributed by atoms with Crippen molar-refractivity contribution in [1.82, 2.24) is 15.1 Å². The second-order valence-corrected chi connectivity index (χ2v) is 8.23. The number of nitrogens with zero attached hydrogens (tertiary/aromatic N) is 2. The summed E-state index contributed by atoms with van der Waals surface area (Å²) in [5.41, 5.74) is 5.07. The van der Waals surface area contributed by atoms with E-state index in [4.69, 9.17) is 4.74 Å². The van der Waals surface area contributed by atoms with Crippen LogP contribution in [-0.4, -0.2) is 35.4 Å². The first-order chi connectivity index (χ1) is 14.6. The molecule has 1 saturated heterocycles. The first kappa shape index (κ1) is 20.4. The van der Waals surface area contributed by atoms with Crippen LogP contribution in [0.25, 0.3) is 0 Å². The Kier molecular flexibility index (Phi) is 6.00. The van der Waals surface area contributed by atoms with E-state index in [-0.39, 0.29) is 11.3 Å². The normalized spacial score (nSPS) is 15.7. The van der Waals surface area contributed by atoms with Crippen molar-refractivity contribution >= 4 is 5.91 Å². The van der Waals surface area contributed by atoms with Crippen LogP contribution in [-0.2, 0) is 16.7 Å². The quantitative estimate of drug-likeness (QED) is 0.676. The number of ether oxygens (including phenoxy) is 1. The molecule has 0 spiro atoms. The maximum atomic E-state index is 13.0. The Morgan fingerprint density at radius 3 is 2.53 bits per heavy atom. The van der Waals surface area contributed by atoms with E-state index in [0.29, 0.717) is 18.7 Å². The van der Waals surface area contributed by atoms with E-state index in [9.17, 15) is 4.79 Å². The molecule has 0 atom stereocenters. The lowest BCUT2D eigenvalue weighted by atomic mass is 9.74. The van der Waals surface area contributed by atoms with Crippen LogP contribution in [0.5, 0.6) is 0 Å². The number of benzene rings is 2. The summed E-state index contributed by atoms with van der Waals surface area (Å²) in [4.78, 5) is 13.0. The molecule has 2 aromatic carbocycles. The van der Waals surface area contributed by atoms with Crippen molar-refractivity contribution in [2.75, 3.05) is 19.8 Å². The van der Waals surface area contributed by atoms with E-state index in [1.54, 1.807) is 0 Å². The van der Waals surface area contributed by atoms with Crippen molar-refractivity contribution in [3.8, 4) is 0 Å². The van der Waals surface area contributed by atoms with Gasteiger partial charge in [0.2, 0.25) is 0 Å². The van der Waals surface area contributed by atoms with Crippen molar-refractivity contribution in [2.45, 2.75) is 38.6 Å². The van der Waals surface area contributed by atoms with E-state index >= 15 is 0 Å². The highest BCUT2D eigenvalue weighted by Gasteiger charge is 2.34. The number of carbonyl (C=O) groups excluding carboxylic acids is 1. The monoisotopic (exact) mass is 403 g/mol. The molecule has 1 fully saturated rings. The van der Waals surface area contributed by atoms with E-state index in [0.717, 1.165) is 43.0 Å². The molecule has 5 heteroatoms. The molecule has 30 heavy (non-hydrogen) atoms. The van der Waals surface area contributed by atoms with E-state index in [1.807, 2.05) is 48.9 Å². The fourth-order valence-electron chi connectivity index (χ4n) is 4.29. The predicted octanol–water partition coefficient (Wildman–Crippen LogP) is 4.03. The largest absolute Gasteiger partial charge is 0.381 e. The number of carbonyl (C=O) groups is 1. The topological polar surface area (TPSA) is 56.2 Å². The molecule has 4 rings (SSSR count). The van der Waals surface area contributed by atoms with Gasteiger partial charge in [-0.1, -0.05) is 42.5 Å². The van der Waals surface area contributed by atoms with Crippen LogP contribution in [0.2, 0.25) is 0 Å². The van der Waals surface area contributed by atoms with Gasteiger partial charge in [0, 0.05) is 36.4 Å². The summed E-state index contributed by atoms with van der Waals surface area (Å²) in [6.45, 7) is 6.76. The summed E-state index contributed by atoms with van der Waals surface area (Å²) >= 11 is 0. The number of aromatic nitrogens is 2. The van der Waals surface area contributed by atoms with Crippen LogP contribution in [0.4, 0.5) is 0 Å². The molecule has 0 saturated carbocycles. The number of hydrogen-bond acceptors (Lipinski definition) is 3. The van der Waals surface area contributed by atoms with Crippen molar-refractivity contribution in [3.05, 3.63) is 88.7 Å². The van der Waals surface area contributed by atoms with Crippen molar-refractivity contribution in [2.24, 2.45) is 0 Å². The lowest BCUT2D eigenvalue weighted by molar-refractivity contribution is 0.0487. The Balaban J connectivity index is 1.47. The molecule has 2 heterocycles. The van der Waals surface area contributed by atoms with Gasteiger partial charge < -0.3 is 10.1 Å². The molecule has 0 unspecified atom stereocenters. The molecule has 1 aromatic heterocycles. The predicted molar refractivity (Wildman–Crippen MR) is 118 cm³/mol. The Morgan fingerprint density at radius 1 is 1.07 bits per heavy atom. The maximum Gasteiger partial charge on any atom is 0.251 e. The van der Waals surface area contributed by atoms with Crippen LogP contribution in [0, 0.1) is 13.8 Å². The summed E-state index contributed by atoms with van der Waals surface area (Å²) in [6.07, 6.45) is 1.82. The number of aryl methyl sites for hydroxylation is 2. The molecule has 3 aromatic rings. The molecule has 0 aliphatic carbocycles. The SMILES string of the molecule is Cc1cc(C)n(Cc2cccc(C(=O)NCC3(c4ccccc4)CCOCC3)c2)n1. The average Bonchev–Trinajstić information content (AvgIpc) is 3.10. The second kappa shape index (κ2) is 8.84. The van der Waals surface area contributed by atoms with Gasteiger partial charge in [-0.3, -0.25) is 9.48 Å². The standard InChI is InChI=1S/C25H29N3O2/c1-19-15-20(2)28(27-19)17-21-7-6-8-22(16-21)24(29)26-18-25(11-13-30-14-12-25)23-9-4-3-5-10-23/h3-10,15-16H,11-14,17-18H2,1-2H3,(H,26,29). The summed E-state index contributed by atoms with van der Waals surface area (Å²) in [7, 11) is 0. The van der Waals surface area contributed by atoms with Crippen LogP contribution in [0.1, 0.15) is 45.7 Å². The van der Waals surface area contributed by atoms with Gasteiger partial charge in [-0.15, -0.1) is 0 Å². The summed E-state index contributed by atoms with van der Waals surface area (Å²) in [5.74, 6) is -0.0352. The highest BCUT2D eigenvalue weighted by molar-refractivity contribution is 5.94. The van der Waals surface area contributed by atoms with Crippen LogP contribution in [0.15, 0.2) is 60.7 Å². The Hall–Kier alpha value is -2.92. The Bertz CT molecular complexity index is 1000. The number of amides is 1. The zero-order valence-electron chi connectivity index (χ0n) is 17.7. The minimum absolute atomic E-state index is 0.0352. The second-order valence-electron chi connectivity index (χ2n) is 8.23. The summed E-state index contributed by atoms with van der Waals surface area (Å²) < 4.78 is 7.57. The lowest BCUT2D eigenvalue weighted by Gasteiger charge is -2.38. The van der Waals surface area contributed by atoms with E-state index in [1.165, 1.54) is 5.56 Å². The third-order valence-corrected chi connectivity index (χ3v) is 6.05. The van der Waals surface area contributed by atoms with Gasteiger partial charge in [-0.2, -0.15) is 5.10 Å². The van der Waals surface area contributed by atoms with Gasteiger partial charge in [-0.25, -0.2) is 0 Å². The first-order valence-corrected chi connectivity index (χ1v) is 10.6. The average molecular weight is 404 g/mol. The Labute approximate surface area is 178 Å². The highest BCUT2D eigenvalue weighted by Crippen LogP contribution is 2.34. The molecule has 0 bridgehead atoms. The van der Waals surface area contributed by atoms with Crippen LogP contribution in [0.3, 0.4) is 0 Å². The molecule has 1 aliphatic rings. The minimum atomic E-state index is -0.0729. The maximum absolute atomic E-state index is 13.0. The van der Waals surface area contributed by atoms with E-state index < -0.39 is 0 Å². The zero-order valence-corrected chi connectivity index (χ0v) is 17.7. The van der Waals surface area contributed by atoms with Crippen molar-refractivity contribution in [3.63, 3.8) is 0 Å². The third kappa shape index (κ3) is 4.46. The van der Waals surface area contributed by atoms with Crippen LogP contribution < -0.4 is 5.32 Å².